The van der Waals surface area contributed by atoms with Gasteiger partial charge in [0.05, 0.1) is 46.5 Å². The molecule has 1 radical (unpaired) electrons. The quantitative estimate of drug-likeness (QED) is 0.0162. The number of rotatable bonds is 26. The normalized spacial score (nSPS) is 31.1. The third kappa shape index (κ3) is 16.3. The molecule has 0 aliphatic carbocycles. The number of amides is 7. The van der Waals surface area contributed by atoms with Gasteiger partial charge < -0.3 is 78.5 Å². The Hall–Kier alpha value is -7.27. The van der Waals surface area contributed by atoms with Crippen LogP contribution in [0.15, 0.2) is 72.6 Å². The van der Waals surface area contributed by atoms with Gasteiger partial charge in [0.1, 0.15) is 18.3 Å². The number of ether oxygens (including phenoxy) is 1. The van der Waals surface area contributed by atoms with Crippen molar-refractivity contribution in [1.29, 1.82) is 0 Å². The third-order valence-corrected chi connectivity index (χ3v) is 23.3. The molecule has 1 aromatic heterocycles. The Morgan fingerprint density at radius 1 is 0.777 bits per heavy atom. The third-order valence-electron chi connectivity index (χ3n) is 21.8. The number of phosphoric acid groups is 1. The van der Waals surface area contributed by atoms with Crippen LogP contribution in [0.25, 0.3) is 11.0 Å². The number of imidazole rings is 1. The van der Waals surface area contributed by atoms with Crippen LogP contribution in [0.2, 0.25) is 0 Å². The summed E-state index contributed by atoms with van der Waals surface area (Å²) >= 11 is 3.10. The minimum atomic E-state index is -5.32. The maximum absolute atomic E-state index is 14.4. The largest absolute Gasteiger partial charge is 0.756 e. The monoisotopic (exact) mass is 1530 g/mol. The molecule has 5 unspecified atom stereocenters. The van der Waals surface area contributed by atoms with E-state index in [4.69, 9.17) is 63.2 Å². The fraction of sp³-hybridized carbons (Fsp3) is 0.574. The van der Waals surface area contributed by atoms with Crippen LogP contribution in [0, 0.1) is 88.3 Å². The van der Waals surface area contributed by atoms with E-state index < -0.39 is 177 Å². The number of carbonyl (C=O) groups excluding carboxylic acids is 7. The second-order valence-corrected chi connectivity index (χ2v) is 30.7. The van der Waals surface area contributed by atoms with Gasteiger partial charge in [0.2, 0.25) is 47.2 Å². The van der Waals surface area contributed by atoms with Crippen LogP contribution in [-0.2, 0) is 68.7 Å². The summed E-state index contributed by atoms with van der Waals surface area (Å²) in [7, 11) is -5.32. The number of aliphatic hydroxyl groups is 2. The SMILES string of the molecule is C/C1=C2N=C(/C=C3\N/C(=C(/C)C4=NC(C)(C5N=C1[C@](C)(CCC(=O)NCC(C)OP(=O)([O-])O[C@H]1[C@@H](O)[C@@H](n6cnc7cc(C)c(C)cc76)O[C@@H]1CO)C5CC(N)=O)[C@@](C)(CC(N)=O)[C@@H]4CCC(N)=O)[C@@](C)(CC(N)=O)[C@@H]3CCC(N)=O)C(C)(C)[C@@H]/2CCC(N)=O.Fc1c(F)c(F)c(S)c(F)c1F.[Co]. The van der Waals surface area contributed by atoms with Gasteiger partial charge in [0, 0.05) is 148 Å². The van der Waals surface area contributed by atoms with Crippen molar-refractivity contribution in [3.05, 3.63) is 93.0 Å². The predicted molar refractivity (Wildman–Crippen MR) is 365 cm³/mol. The number of nitrogens with zero attached hydrogens (tertiary/aromatic N) is 5. The summed E-state index contributed by atoms with van der Waals surface area (Å²) in [6, 6.07) is 2.67. The first kappa shape index (κ1) is 83.0. The smallest absolute Gasteiger partial charge is 0.268 e. The summed E-state index contributed by atoms with van der Waals surface area (Å²) in [5.74, 6) is -17.2. The molecule has 2 saturated heterocycles. The first-order valence-corrected chi connectivity index (χ1v) is 35.1. The van der Waals surface area contributed by atoms with Crippen LogP contribution >= 0.6 is 20.5 Å². The Bertz CT molecular complexity index is 4090. The van der Waals surface area contributed by atoms with Gasteiger partial charge in [0.15, 0.2) is 29.5 Å². The van der Waals surface area contributed by atoms with Gasteiger partial charge in [-0.2, -0.15) is 0 Å². The summed E-state index contributed by atoms with van der Waals surface area (Å²) in [6.45, 7) is 19.1. The number of carbonyl (C=O) groups is 7. The molecule has 0 saturated carbocycles. The molecule has 15 atom stereocenters. The van der Waals surface area contributed by atoms with Crippen molar-refractivity contribution >= 4 is 90.0 Å². The van der Waals surface area contributed by atoms with Gasteiger partial charge in [-0.05, 0) is 108 Å². The molecule has 7 heterocycles. The zero-order valence-corrected chi connectivity index (χ0v) is 61.7. The number of halogens is 5. The zero-order chi connectivity index (χ0) is 76.2. The van der Waals surface area contributed by atoms with Crippen molar-refractivity contribution in [3.8, 4) is 0 Å². The molecule has 567 valence electrons. The molecule has 6 aliphatic heterocycles. The first-order chi connectivity index (χ1) is 47.3. The summed E-state index contributed by atoms with van der Waals surface area (Å²) < 4.78 is 93.2. The average molecular weight is 1530 g/mol. The number of aliphatic hydroxyl groups excluding tert-OH is 2. The Morgan fingerprint density at radius 3 is 1.88 bits per heavy atom. The van der Waals surface area contributed by atoms with Gasteiger partial charge >= 0.3 is 0 Å². The number of nitrogens with two attached hydrogens (primary N) is 6. The van der Waals surface area contributed by atoms with Crippen LogP contribution in [0.1, 0.15) is 150 Å². The van der Waals surface area contributed by atoms with Crippen LogP contribution in [0.4, 0.5) is 22.0 Å². The van der Waals surface area contributed by atoms with Crippen LogP contribution in [0.3, 0.4) is 0 Å². The maximum Gasteiger partial charge on any atom is 0.268 e. The van der Waals surface area contributed by atoms with E-state index in [-0.39, 0.29) is 94.0 Å². The van der Waals surface area contributed by atoms with Gasteiger partial charge in [-0.15, -0.1) is 12.6 Å². The second kappa shape index (κ2) is 31.4. The van der Waals surface area contributed by atoms with E-state index in [2.05, 4.69) is 28.2 Å². The number of thiol groups is 1. The van der Waals surface area contributed by atoms with E-state index in [1.54, 1.807) is 0 Å². The second-order valence-electron chi connectivity index (χ2n) is 29.0. The molecule has 27 nitrogen and oxygen atoms in total. The van der Waals surface area contributed by atoms with Gasteiger partial charge in [-0.3, -0.25) is 53.1 Å². The number of benzene rings is 2. The van der Waals surface area contributed by atoms with Crippen LogP contribution < -0.4 is 49.9 Å². The van der Waals surface area contributed by atoms with Gasteiger partial charge in [0.25, 0.3) is 7.82 Å². The van der Waals surface area contributed by atoms with Crippen molar-refractivity contribution in [2.45, 2.75) is 194 Å². The molecule has 103 heavy (non-hydrogen) atoms. The molecule has 0 spiro atoms. The fourth-order valence-corrected chi connectivity index (χ4v) is 17.3. The molecule has 35 heteroatoms. The molecule has 8 bridgehead atoms. The van der Waals surface area contributed by atoms with E-state index in [1.807, 2.05) is 87.4 Å². The van der Waals surface area contributed by atoms with E-state index in [0.717, 1.165) is 11.1 Å². The molecular formula is C68H90CoF5N13O14PS-. The molecule has 16 N–H and O–H groups in total. The number of allylic oxidation sites excluding steroid dienone is 6. The molecule has 9 rings (SSSR count). The summed E-state index contributed by atoms with van der Waals surface area (Å²) in [5, 5.41) is 28.1. The number of hydrogen-bond donors (Lipinski definition) is 11. The number of phosphoric ester groups is 1. The molecule has 2 fully saturated rings. The Labute approximate surface area is 607 Å². The van der Waals surface area contributed by atoms with E-state index in [9.17, 15) is 75.2 Å². The summed E-state index contributed by atoms with van der Waals surface area (Å²) in [4.78, 5) is 127. The number of hydrogen-bond acceptors (Lipinski definition) is 20. The summed E-state index contributed by atoms with van der Waals surface area (Å²) in [5.41, 5.74) is 37.2. The molecule has 2 aromatic carbocycles. The minimum absolute atomic E-state index is 0. The number of aryl methyl sites for hydroxylation is 2. The number of primary amides is 6. The van der Waals surface area contributed by atoms with Crippen molar-refractivity contribution in [2.24, 2.45) is 94.7 Å². The van der Waals surface area contributed by atoms with Gasteiger partial charge in [-0.25, -0.2) is 26.9 Å². The first-order valence-electron chi connectivity index (χ1n) is 33.2. The Balaban J connectivity index is 0.00000103. The topological polar surface area (TPSA) is 463 Å². The molecule has 7 amide bonds. The average Bonchev–Trinajstić information content (AvgIpc) is 1.74. The molecular weight excluding hydrogens is 1440 g/mol. The van der Waals surface area contributed by atoms with E-state index in [0.29, 0.717) is 56.4 Å². The summed E-state index contributed by atoms with van der Waals surface area (Å²) in [6.07, 6.45) is -4.57. The fourth-order valence-electron chi connectivity index (χ4n) is 16.0. The standard InChI is InChI=1S/C62H90N13O14P.C6HF5S.Co/c1-29-20-39-40(21-30(29)2)75(28-70-39)57-52(84)53(41(27-76)87-57)89-90(85,86)88-31(3)26-69-49(83)18-19-59(8)37(22-46(66)80)56-62(11)61(10,25-48(68)82)36(14-17-45(65)79)51(74-62)33(5)55-60(9,24-47(67)81)34(12-15-43(63)77)38(71-55)23-42-58(6,7)35(13-16-44(64)78)50(72-42)32(4)54(59)73-56;7-1-2(8)4(10)6(12)5(11)3(1)9;/h20-21,23,28,31,34-37,41,52-53,56-57,71,76,84H,12-19,22,24-27H2,1-11H3,(H2,63,77)(H2,64,78)(H2,65,79)(H2,66,80)(H2,67,81)(H2,68,82)(H,69,83)(H,85,86);12H;/p-1/b38-23-,50-32-,55-33-;;/t31?,34-,35-,36-,37?,41-,52-,53-,56?,57+,59-,60+,61+,62?;;/m1../s1. The van der Waals surface area contributed by atoms with Crippen LogP contribution in [0.5, 0.6) is 0 Å². The van der Waals surface area contributed by atoms with Crippen molar-refractivity contribution in [2.75, 3.05) is 13.2 Å². The number of fused-ring (bicyclic) bond motifs is 7. The Morgan fingerprint density at radius 2 is 1.33 bits per heavy atom. The molecule has 3 aromatic rings. The number of aromatic nitrogens is 2. The number of nitrogens with one attached hydrogen (secondary N) is 2. The van der Waals surface area contributed by atoms with E-state index in [1.165, 1.54) is 17.8 Å². The van der Waals surface area contributed by atoms with Crippen molar-refractivity contribution in [1.82, 2.24) is 20.2 Å². The van der Waals surface area contributed by atoms with Crippen LogP contribution in [-0.4, -0.2) is 127 Å². The van der Waals surface area contributed by atoms with E-state index >= 15 is 0 Å². The minimum Gasteiger partial charge on any atom is -0.756 e. The predicted octanol–water partition coefficient (Wildman–Crippen LogP) is 5.20. The number of aliphatic imine (C=N–C) groups is 3. The van der Waals surface area contributed by atoms with Crippen molar-refractivity contribution < 1.29 is 106 Å². The van der Waals surface area contributed by atoms with Gasteiger partial charge in [-0.1, -0.05) is 34.6 Å². The molecule has 6 aliphatic rings. The van der Waals surface area contributed by atoms with Crippen molar-refractivity contribution in [3.63, 3.8) is 0 Å². The zero-order valence-electron chi connectivity index (χ0n) is 58.9. The maximum atomic E-state index is 14.4. The Kier molecular flexibility index (Phi) is 25.3.